The van der Waals surface area contributed by atoms with E-state index in [4.69, 9.17) is 0 Å². The molecule has 0 radical (unpaired) electrons. The van der Waals surface area contributed by atoms with E-state index in [2.05, 4.69) is 17.2 Å². The number of nitrogens with zero attached hydrogens (tertiary/aromatic N) is 3. The quantitative estimate of drug-likeness (QED) is 0.916. The van der Waals surface area contributed by atoms with E-state index in [0.29, 0.717) is 24.7 Å². The van der Waals surface area contributed by atoms with Crippen LogP contribution in [-0.2, 0) is 0 Å². The molecule has 1 aromatic heterocycles. The molecule has 0 saturated carbocycles. The van der Waals surface area contributed by atoms with Crippen LogP contribution in [0.4, 0.5) is 4.79 Å². The number of likely N-dealkylation sites (tertiary alicyclic amines) is 2. The highest BCUT2D eigenvalue weighted by molar-refractivity contribution is 5.94. The highest BCUT2D eigenvalue weighted by Gasteiger charge is 2.31. The smallest absolute Gasteiger partial charge is 0.317 e. The Bertz CT molecular complexity index is 616. The van der Waals surface area contributed by atoms with Gasteiger partial charge in [0.15, 0.2) is 0 Å². The number of nitrogens with one attached hydrogen (secondary N) is 1. The van der Waals surface area contributed by atoms with Gasteiger partial charge in [-0.3, -0.25) is 9.78 Å². The Hall–Kier alpha value is -2.11. The van der Waals surface area contributed by atoms with Gasteiger partial charge in [-0.25, -0.2) is 4.79 Å². The topological polar surface area (TPSA) is 65.5 Å². The molecule has 3 amide bonds. The monoisotopic (exact) mass is 344 g/mol. The molecule has 0 spiro atoms. The number of rotatable bonds is 3. The molecule has 2 aliphatic rings. The summed E-state index contributed by atoms with van der Waals surface area (Å²) in [6.07, 6.45) is 6.82. The maximum absolute atomic E-state index is 12.6. The van der Waals surface area contributed by atoms with Crippen molar-refractivity contribution in [2.45, 2.75) is 58.0 Å². The molecule has 1 aromatic rings. The van der Waals surface area contributed by atoms with Crippen molar-refractivity contribution in [2.75, 3.05) is 19.6 Å². The Morgan fingerprint density at radius 3 is 2.80 bits per heavy atom. The molecule has 1 unspecified atom stereocenters. The lowest BCUT2D eigenvalue weighted by Gasteiger charge is -2.36. The van der Waals surface area contributed by atoms with Crippen LogP contribution < -0.4 is 5.32 Å². The second kappa shape index (κ2) is 7.85. The molecule has 136 valence electrons. The van der Waals surface area contributed by atoms with Crippen molar-refractivity contribution in [1.82, 2.24) is 20.1 Å². The molecule has 0 aromatic carbocycles. The minimum absolute atomic E-state index is 0.00587. The summed E-state index contributed by atoms with van der Waals surface area (Å²) in [5, 5.41) is 3.14. The molecular formula is C19H28N4O2. The zero-order valence-electron chi connectivity index (χ0n) is 15.2. The molecule has 1 N–H and O–H groups in total. The van der Waals surface area contributed by atoms with E-state index < -0.39 is 0 Å². The van der Waals surface area contributed by atoms with E-state index in [1.54, 1.807) is 6.20 Å². The van der Waals surface area contributed by atoms with Crippen LogP contribution in [0.15, 0.2) is 18.3 Å². The van der Waals surface area contributed by atoms with Crippen LogP contribution in [0.5, 0.6) is 0 Å². The third kappa shape index (κ3) is 4.11. The number of urea groups is 1. The van der Waals surface area contributed by atoms with Gasteiger partial charge in [0.2, 0.25) is 0 Å². The van der Waals surface area contributed by atoms with Crippen molar-refractivity contribution in [3.05, 3.63) is 29.6 Å². The molecule has 2 fully saturated rings. The highest BCUT2D eigenvalue weighted by atomic mass is 16.2. The molecule has 25 heavy (non-hydrogen) atoms. The average molecular weight is 344 g/mol. The van der Waals surface area contributed by atoms with E-state index in [1.165, 1.54) is 6.42 Å². The molecule has 2 aliphatic heterocycles. The molecular weight excluding hydrogens is 316 g/mol. The van der Waals surface area contributed by atoms with Crippen LogP contribution in [0.1, 0.15) is 55.1 Å². The number of pyridine rings is 1. The van der Waals surface area contributed by atoms with Gasteiger partial charge in [0.25, 0.3) is 5.91 Å². The van der Waals surface area contributed by atoms with E-state index in [9.17, 15) is 9.59 Å². The van der Waals surface area contributed by atoms with Gasteiger partial charge in [0.1, 0.15) is 0 Å². The van der Waals surface area contributed by atoms with Gasteiger partial charge in [0.05, 0.1) is 5.56 Å². The fraction of sp³-hybridized carbons (Fsp3) is 0.632. The van der Waals surface area contributed by atoms with Crippen molar-refractivity contribution in [3.63, 3.8) is 0 Å². The minimum atomic E-state index is -0.00587. The molecule has 3 heterocycles. The van der Waals surface area contributed by atoms with Crippen molar-refractivity contribution < 1.29 is 9.59 Å². The molecule has 0 bridgehead atoms. The summed E-state index contributed by atoms with van der Waals surface area (Å²) in [4.78, 5) is 33.1. The first-order valence-electron chi connectivity index (χ1n) is 9.37. The van der Waals surface area contributed by atoms with Gasteiger partial charge >= 0.3 is 6.03 Å². The zero-order valence-corrected chi connectivity index (χ0v) is 15.2. The largest absolute Gasteiger partial charge is 0.336 e. The Labute approximate surface area is 149 Å². The standard InChI is InChI=1S/C19H28N4O2/c1-3-17-6-4-5-10-23(17)19(25)21-16-9-11-22(13-16)18(24)15-8-7-14(2)20-12-15/h7-8,12,16-17H,3-6,9-11,13H2,1-2H3,(H,21,25)/t16-,17?/m1/s1. The molecule has 3 rings (SSSR count). The molecule has 0 aliphatic carbocycles. The van der Waals surface area contributed by atoms with Crippen LogP contribution in [0, 0.1) is 6.92 Å². The number of aryl methyl sites for hydroxylation is 1. The van der Waals surface area contributed by atoms with Gasteiger partial charge in [-0.05, 0) is 51.2 Å². The normalized spacial score (nSPS) is 23.6. The van der Waals surface area contributed by atoms with E-state index >= 15 is 0 Å². The maximum Gasteiger partial charge on any atom is 0.317 e. The maximum atomic E-state index is 12.6. The molecule has 6 heteroatoms. The number of aromatic nitrogens is 1. The first-order chi connectivity index (χ1) is 12.1. The summed E-state index contributed by atoms with van der Waals surface area (Å²) in [5.74, 6) is -0.00587. The summed E-state index contributed by atoms with van der Waals surface area (Å²) < 4.78 is 0. The number of hydrogen-bond donors (Lipinski definition) is 1. The van der Waals surface area contributed by atoms with Crippen LogP contribution >= 0.6 is 0 Å². The van der Waals surface area contributed by atoms with E-state index in [0.717, 1.165) is 37.9 Å². The highest BCUT2D eigenvalue weighted by Crippen LogP contribution is 2.20. The number of piperidine rings is 1. The summed E-state index contributed by atoms with van der Waals surface area (Å²) in [6, 6.07) is 4.09. The summed E-state index contributed by atoms with van der Waals surface area (Å²) in [5.41, 5.74) is 1.51. The number of amides is 3. The fourth-order valence-electron chi connectivity index (χ4n) is 3.79. The Balaban J connectivity index is 1.54. The van der Waals surface area contributed by atoms with Crippen molar-refractivity contribution in [2.24, 2.45) is 0 Å². The van der Waals surface area contributed by atoms with Crippen LogP contribution in [0.3, 0.4) is 0 Å². The second-order valence-electron chi connectivity index (χ2n) is 7.13. The lowest BCUT2D eigenvalue weighted by atomic mass is 10.0. The van der Waals surface area contributed by atoms with Gasteiger partial charge in [-0.15, -0.1) is 0 Å². The van der Waals surface area contributed by atoms with Crippen LogP contribution in [-0.4, -0.2) is 58.4 Å². The summed E-state index contributed by atoms with van der Waals surface area (Å²) in [6.45, 7) is 6.13. The van der Waals surface area contributed by atoms with Crippen molar-refractivity contribution in [1.29, 1.82) is 0 Å². The Morgan fingerprint density at radius 1 is 1.24 bits per heavy atom. The minimum Gasteiger partial charge on any atom is -0.336 e. The third-order valence-corrected chi connectivity index (χ3v) is 5.32. The van der Waals surface area contributed by atoms with Gasteiger partial charge < -0.3 is 15.1 Å². The van der Waals surface area contributed by atoms with Gasteiger partial charge in [0, 0.05) is 43.6 Å². The number of hydrogen-bond acceptors (Lipinski definition) is 3. The first-order valence-corrected chi connectivity index (χ1v) is 9.37. The van der Waals surface area contributed by atoms with E-state index in [1.807, 2.05) is 28.9 Å². The number of carbonyl (C=O) groups excluding carboxylic acids is 2. The molecule has 6 nitrogen and oxygen atoms in total. The Morgan fingerprint density at radius 2 is 2.08 bits per heavy atom. The number of carbonyl (C=O) groups is 2. The van der Waals surface area contributed by atoms with Gasteiger partial charge in [-0.2, -0.15) is 0 Å². The molecule has 2 saturated heterocycles. The van der Waals surface area contributed by atoms with Crippen molar-refractivity contribution in [3.8, 4) is 0 Å². The van der Waals surface area contributed by atoms with E-state index in [-0.39, 0.29) is 18.0 Å². The lowest BCUT2D eigenvalue weighted by molar-refractivity contribution is 0.0787. The third-order valence-electron chi connectivity index (χ3n) is 5.32. The van der Waals surface area contributed by atoms with Gasteiger partial charge in [-0.1, -0.05) is 6.92 Å². The SMILES string of the molecule is CCC1CCCCN1C(=O)N[C@@H]1CCN(C(=O)c2ccc(C)nc2)C1. The fourth-order valence-corrected chi connectivity index (χ4v) is 3.79. The molecule has 2 atom stereocenters. The van der Waals surface area contributed by atoms with Crippen LogP contribution in [0.2, 0.25) is 0 Å². The zero-order chi connectivity index (χ0) is 17.8. The van der Waals surface area contributed by atoms with Crippen molar-refractivity contribution >= 4 is 11.9 Å². The predicted octanol–water partition coefficient (Wildman–Crippen LogP) is 2.58. The van der Waals surface area contributed by atoms with Crippen LogP contribution in [0.25, 0.3) is 0 Å². The Kier molecular flexibility index (Phi) is 5.56. The summed E-state index contributed by atoms with van der Waals surface area (Å²) in [7, 11) is 0. The first kappa shape index (κ1) is 17.7. The summed E-state index contributed by atoms with van der Waals surface area (Å²) >= 11 is 0. The predicted molar refractivity (Wildman–Crippen MR) is 96.5 cm³/mol. The second-order valence-corrected chi connectivity index (χ2v) is 7.13. The lowest BCUT2D eigenvalue weighted by Crippen LogP contribution is -2.51. The average Bonchev–Trinajstić information content (AvgIpc) is 3.10.